The third-order valence-electron chi connectivity index (χ3n) is 3.81. The Bertz CT molecular complexity index is 347. The van der Waals surface area contributed by atoms with Crippen molar-refractivity contribution in [1.82, 2.24) is 5.32 Å². The Morgan fingerprint density at radius 2 is 2.12 bits per heavy atom. The Morgan fingerprint density at radius 1 is 1.35 bits per heavy atom. The molecule has 0 radical (unpaired) electrons. The zero-order chi connectivity index (χ0) is 12.1. The second-order valence-electron chi connectivity index (χ2n) is 5.02. The van der Waals surface area contributed by atoms with Crippen LogP contribution in [0.5, 0.6) is 0 Å². The van der Waals surface area contributed by atoms with Crippen LogP contribution in [0.2, 0.25) is 5.02 Å². The summed E-state index contributed by atoms with van der Waals surface area (Å²) in [4.78, 5) is 0. The SMILES string of the molecule is CCCNCC(c1ccccc1Cl)C1CCC1. The van der Waals surface area contributed by atoms with Gasteiger partial charge in [-0.25, -0.2) is 0 Å². The van der Waals surface area contributed by atoms with Gasteiger partial charge in [0, 0.05) is 17.5 Å². The van der Waals surface area contributed by atoms with Crippen LogP contribution in [-0.2, 0) is 0 Å². The molecule has 1 N–H and O–H groups in total. The smallest absolute Gasteiger partial charge is 0.0441 e. The minimum absolute atomic E-state index is 0.601. The summed E-state index contributed by atoms with van der Waals surface area (Å²) < 4.78 is 0. The van der Waals surface area contributed by atoms with E-state index in [9.17, 15) is 0 Å². The maximum absolute atomic E-state index is 6.33. The molecule has 0 aliphatic heterocycles. The van der Waals surface area contributed by atoms with Gasteiger partial charge in [0.25, 0.3) is 0 Å². The van der Waals surface area contributed by atoms with Gasteiger partial charge in [-0.3, -0.25) is 0 Å². The van der Waals surface area contributed by atoms with Crippen LogP contribution < -0.4 is 5.32 Å². The molecule has 2 heteroatoms. The fourth-order valence-electron chi connectivity index (χ4n) is 2.58. The molecule has 1 saturated carbocycles. The molecule has 1 aliphatic carbocycles. The van der Waals surface area contributed by atoms with Gasteiger partial charge in [0.2, 0.25) is 0 Å². The first-order valence-corrected chi connectivity index (χ1v) is 7.16. The van der Waals surface area contributed by atoms with Crippen molar-refractivity contribution in [3.8, 4) is 0 Å². The summed E-state index contributed by atoms with van der Waals surface area (Å²) in [6, 6.07) is 8.33. The molecule has 1 atom stereocenters. The van der Waals surface area contributed by atoms with Gasteiger partial charge in [-0.05, 0) is 43.4 Å². The summed E-state index contributed by atoms with van der Waals surface area (Å²) in [7, 11) is 0. The maximum Gasteiger partial charge on any atom is 0.0441 e. The van der Waals surface area contributed by atoms with Crippen molar-refractivity contribution in [2.45, 2.75) is 38.5 Å². The standard InChI is InChI=1S/C15H22ClN/c1-2-10-17-11-14(12-6-5-7-12)13-8-3-4-9-15(13)16/h3-4,8-9,12,14,17H,2,5-7,10-11H2,1H3. The molecule has 1 aromatic carbocycles. The highest BCUT2D eigenvalue weighted by Crippen LogP contribution is 2.40. The molecule has 0 heterocycles. The molecular weight excluding hydrogens is 230 g/mol. The van der Waals surface area contributed by atoms with Crippen molar-refractivity contribution >= 4 is 11.6 Å². The van der Waals surface area contributed by atoms with Gasteiger partial charge in [-0.1, -0.05) is 43.1 Å². The Labute approximate surface area is 110 Å². The third kappa shape index (κ3) is 3.23. The zero-order valence-electron chi connectivity index (χ0n) is 10.6. The second-order valence-corrected chi connectivity index (χ2v) is 5.43. The monoisotopic (exact) mass is 251 g/mol. The number of nitrogens with one attached hydrogen (secondary N) is 1. The summed E-state index contributed by atoms with van der Waals surface area (Å²) in [5.41, 5.74) is 1.34. The average Bonchev–Trinajstić information content (AvgIpc) is 2.26. The van der Waals surface area contributed by atoms with Gasteiger partial charge in [-0.2, -0.15) is 0 Å². The molecule has 1 nitrogen and oxygen atoms in total. The zero-order valence-corrected chi connectivity index (χ0v) is 11.3. The second kappa shape index (κ2) is 6.42. The maximum atomic E-state index is 6.33. The lowest BCUT2D eigenvalue weighted by Gasteiger charge is -2.34. The van der Waals surface area contributed by atoms with E-state index in [0.29, 0.717) is 5.92 Å². The minimum Gasteiger partial charge on any atom is -0.316 e. The first-order chi connectivity index (χ1) is 8.33. The lowest BCUT2D eigenvalue weighted by Crippen LogP contribution is -2.30. The highest BCUT2D eigenvalue weighted by Gasteiger charge is 2.29. The average molecular weight is 252 g/mol. The molecule has 1 unspecified atom stereocenters. The minimum atomic E-state index is 0.601. The number of benzene rings is 1. The van der Waals surface area contributed by atoms with Crippen LogP contribution in [0.1, 0.15) is 44.1 Å². The largest absolute Gasteiger partial charge is 0.316 e. The molecule has 1 aliphatic rings. The van der Waals surface area contributed by atoms with Gasteiger partial charge in [0.15, 0.2) is 0 Å². The first kappa shape index (κ1) is 12.9. The summed E-state index contributed by atoms with van der Waals surface area (Å²) in [6.07, 6.45) is 5.31. The fraction of sp³-hybridized carbons (Fsp3) is 0.600. The molecule has 0 bridgehead atoms. The van der Waals surface area contributed by atoms with Gasteiger partial charge >= 0.3 is 0 Å². The van der Waals surface area contributed by atoms with Crippen LogP contribution in [-0.4, -0.2) is 13.1 Å². The van der Waals surface area contributed by atoms with Gasteiger partial charge in [-0.15, -0.1) is 0 Å². The van der Waals surface area contributed by atoms with E-state index in [2.05, 4.69) is 24.4 Å². The summed E-state index contributed by atoms with van der Waals surface area (Å²) in [6.45, 7) is 4.39. The highest BCUT2D eigenvalue weighted by atomic mass is 35.5. The van der Waals surface area contributed by atoms with E-state index in [0.717, 1.165) is 24.0 Å². The van der Waals surface area contributed by atoms with Crippen LogP contribution >= 0.6 is 11.6 Å². The molecule has 0 spiro atoms. The highest BCUT2D eigenvalue weighted by molar-refractivity contribution is 6.31. The molecule has 2 rings (SSSR count). The Kier molecular flexibility index (Phi) is 4.87. The van der Waals surface area contributed by atoms with E-state index in [-0.39, 0.29) is 0 Å². The predicted octanol–water partition coefficient (Wildman–Crippen LogP) is 4.22. The van der Waals surface area contributed by atoms with E-state index in [1.165, 1.54) is 31.2 Å². The van der Waals surface area contributed by atoms with Crippen LogP contribution in [0.15, 0.2) is 24.3 Å². The number of halogens is 1. The molecule has 1 fully saturated rings. The lowest BCUT2D eigenvalue weighted by atomic mass is 9.73. The van der Waals surface area contributed by atoms with Gasteiger partial charge < -0.3 is 5.32 Å². The van der Waals surface area contributed by atoms with E-state index in [4.69, 9.17) is 11.6 Å². The first-order valence-electron chi connectivity index (χ1n) is 6.78. The van der Waals surface area contributed by atoms with Crippen LogP contribution in [0.4, 0.5) is 0 Å². The lowest BCUT2D eigenvalue weighted by molar-refractivity contribution is 0.255. The number of rotatable bonds is 6. The molecular formula is C15H22ClN. The van der Waals surface area contributed by atoms with Crippen LogP contribution in [0, 0.1) is 5.92 Å². The van der Waals surface area contributed by atoms with Crippen molar-refractivity contribution in [2.75, 3.05) is 13.1 Å². The van der Waals surface area contributed by atoms with E-state index in [1.807, 2.05) is 12.1 Å². The molecule has 94 valence electrons. The Balaban J connectivity index is 2.06. The summed E-state index contributed by atoms with van der Waals surface area (Å²) in [5, 5.41) is 4.48. The summed E-state index contributed by atoms with van der Waals surface area (Å²) >= 11 is 6.33. The van der Waals surface area contributed by atoms with Crippen molar-refractivity contribution < 1.29 is 0 Å². The summed E-state index contributed by atoms with van der Waals surface area (Å²) in [5.74, 6) is 1.43. The third-order valence-corrected chi connectivity index (χ3v) is 4.16. The van der Waals surface area contributed by atoms with Crippen LogP contribution in [0.25, 0.3) is 0 Å². The fourth-order valence-corrected chi connectivity index (χ4v) is 2.86. The molecule has 0 amide bonds. The van der Waals surface area contributed by atoms with Crippen molar-refractivity contribution in [1.29, 1.82) is 0 Å². The van der Waals surface area contributed by atoms with Crippen molar-refractivity contribution in [3.63, 3.8) is 0 Å². The number of hydrogen-bond acceptors (Lipinski definition) is 1. The Morgan fingerprint density at radius 3 is 2.71 bits per heavy atom. The normalized spacial score (nSPS) is 17.8. The topological polar surface area (TPSA) is 12.0 Å². The molecule has 17 heavy (non-hydrogen) atoms. The van der Waals surface area contributed by atoms with E-state index >= 15 is 0 Å². The number of hydrogen-bond donors (Lipinski definition) is 1. The quantitative estimate of drug-likeness (QED) is 0.747. The predicted molar refractivity (Wildman–Crippen MR) is 74.7 cm³/mol. The molecule has 1 aromatic rings. The van der Waals surface area contributed by atoms with Crippen molar-refractivity contribution in [2.24, 2.45) is 5.92 Å². The van der Waals surface area contributed by atoms with E-state index in [1.54, 1.807) is 0 Å². The Hall–Kier alpha value is -0.530. The van der Waals surface area contributed by atoms with E-state index < -0.39 is 0 Å². The van der Waals surface area contributed by atoms with Gasteiger partial charge in [0.1, 0.15) is 0 Å². The van der Waals surface area contributed by atoms with Crippen LogP contribution in [0.3, 0.4) is 0 Å². The molecule has 0 aromatic heterocycles. The van der Waals surface area contributed by atoms with Crippen molar-refractivity contribution in [3.05, 3.63) is 34.9 Å². The van der Waals surface area contributed by atoms with Gasteiger partial charge in [0.05, 0.1) is 0 Å². The molecule has 0 saturated heterocycles.